The molecule has 0 aliphatic rings. The molecule has 0 bridgehead atoms. The van der Waals surface area contributed by atoms with Gasteiger partial charge in [-0.2, -0.15) is 4.57 Å². The van der Waals surface area contributed by atoms with Gasteiger partial charge in [0.2, 0.25) is 11.0 Å². The number of pyridine rings is 2. The molecular weight excluding hydrogens is 1110 g/mol. The summed E-state index contributed by atoms with van der Waals surface area (Å²) in [4.78, 5) is 4.54. The quantitative estimate of drug-likeness (QED) is 0.0467. The number of benzene rings is 8. The third kappa shape index (κ3) is 16.9. The van der Waals surface area contributed by atoms with Gasteiger partial charge in [-0.05, 0) is 206 Å². The Morgan fingerprint density at radius 1 is 0.307 bits per heavy atom. The molecule has 10 aromatic rings. The summed E-state index contributed by atoms with van der Waals surface area (Å²) in [5.74, 6) is 0. The molecule has 0 unspecified atom stereocenters. The van der Waals surface area contributed by atoms with Crippen LogP contribution in [0.3, 0.4) is 0 Å². The summed E-state index contributed by atoms with van der Waals surface area (Å²) in [5, 5.41) is 4.54. The predicted molar refractivity (Wildman–Crippen MR) is 340 cm³/mol. The van der Waals surface area contributed by atoms with Gasteiger partial charge in [0.1, 0.15) is 7.05 Å². The second kappa shape index (κ2) is 30.4. The lowest BCUT2D eigenvalue weighted by Crippen LogP contribution is -3.00. The minimum atomic E-state index is 0. The largest absolute Gasteiger partial charge is 1.00 e. The normalized spacial score (nSPS) is 9.64. The Kier molecular flexibility index (Phi) is 28.7. The van der Waals surface area contributed by atoms with Crippen LogP contribution in [0.1, 0.15) is 33.4 Å². The van der Waals surface area contributed by atoms with Crippen LogP contribution in [0.25, 0.3) is 65.9 Å². The van der Waals surface area contributed by atoms with E-state index in [1.807, 2.05) is 146 Å². The highest BCUT2D eigenvalue weighted by Gasteiger charge is 2.12. The second-order valence-electron chi connectivity index (χ2n) is 17.4. The van der Waals surface area contributed by atoms with Crippen molar-refractivity contribution in [2.45, 2.75) is 41.5 Å². The van der Waals surface area contributed by atoms with Gasteiger partial charge in [0.15, 0.2) is 0 Å². The Labute approximate surface area is 490 Å². The molecule has 8 aromatic carbocycles. The van der Waals surface area contributed by atoms with E-state index in [4.69, 9.17) is 45.9 Å². The highest BCUT2D eigenvalue weighted by molar-refractivity contribution is 5.95. The monoisotopic (exact) mass is 1170 g/mol. The molecule has 16 N–H and O–H groups in total. The number of nitrogens with zero attached hydrogens (tertiary/aromatic N) is 2. The van der Waals surface area contributed by atoms with Gasteiger partial charge in [0, 0.05) is 79.2 Å². The summed E-state index contributed by atoms with van der Waals surface area (Å²) < 4.78 is 2.12. The summed E-state index contributed by atoms with van der Waals surface area (Å²) in [6, 6.07) is 48.3. The Hall–Kier alpha value is -6.18. The zero-order valence-corrected chi connectivity index (χ0v) is 49.1. The number of rotatable bonds is 2. The number of anilines is 8. The lowest BCUT2D eigenvalue weighted by Gasteiger charge is -2.12. The first kappa shape index (κ1) is 70.9. The van der Waals surface area contributed by atoms with E-state index in [2.05, 4.69) is 58.1 Å². The van der Waals surface area contributed by atoms with Crippen molar-refractivity contribution in [3.05, 3.63) is 179 Å². The third-order valence-corrected chi connectivity index (χ3v) is 12.2. The predicted octanol–water partition coefficient (Wildman–Crippen LogP) is 11.4. The number of aromatic nitrogens is 2. The number of nitrogen functional groups attached to an aromatic ring is 8. The molecule has 0 aliphatic carbocycles. The zero-order valence-electron chi connectivity index (χ0n) is 42.6. The minimum absolute atomic E-state index is 0. The van der Waals surface area contributed by atoms with Gasteiger partial charge in [0.05, 0.1) is 11.0 Å². The summed E-state index contributed by atoms with van der Waals surface area (Å²) in [6.07, 6.45) is 0. The fraction of sp³-hybridized carbons (Fsp3) is 0.123. The first-order valence-electron chi connectivity index (χ1n) is 22.0. The maximum atomic E-state index is 5.99. The van der Waals surface area contributed by atoms with Crippen molar-refractivity contribution in [2.75, 3.05) is 45.9 Å². The van der Waals surface area contributed by atoms with Crippen LogP contribution in [0, 0.1) is 41.5 Å². The van der Waals surface area contributed by atoms with Crippen LogP contribution in [-0.2, 0) is 7.05 Å². The molecule has 0 amide bonds. The molecule has 75 heavy (non-hydrogen) atoms. The maximum Gasteiger partial charge on any atom is 0.214 e. The van der Waals surface area contributed by atoms with Crippen molar-refractivity contribution in [1.29, 1.82) is 0 Å². The standard InChI is InChI=1S/C16H20N2.C14H13N3.C14H16N2.C13H11N3.8ClH/c1-9-5-13(6-10(2)15(9)17)14-7-11(3)16(18)12(4)8-14;1-17-13-7-11(15)4-2-9(13)6-10-3-5-12(16)8-14(10)17;1-9-7-11(3-5-13(9)15)12-4-6-14(16)10(2)8-12;14-10-3-1-8-5-9-2-4-11(15)7-13(9)16-12(8)6-10;;;;;;;;/h5-8H,17-18H2,1-4H3;2-8H,1H3,(H3,15,16);3-8H,15-16H2,1-2H3;1-7H,14-15H2;8*1H. The molecule has 2 heterocycles. The molecule has 0 spiro atoms. The van der Waals surface area contributed by atoms with Crippen LogP contribution in [0.15, 0.2) is 146 Å². The fourth-order valence-corrected chi connectivity index (χ4v) is 8.09. The minimum Gasteiger partial charge on any atom is -1.00 e. The zero-order chi connectivity index (χ0) is 48.3. The lowest BCUT2D eigenvalue weighted by atomic mass is 9.95. The lowest BCUT2D eigenvalue weighted by molar-refractivity contribution is -0.617. The molecule has 0 saturated carbocycles. The van der Waals surface area contributed by atoms with E-state index < -0.39 is 0 Å². The van der Waals surface area contributed by atoms with E-state index in [0.29, 0.717) is 0 Å². The van der Waals surface area contributed by atoms with Crippen LogP contribution < -0.4 is 62.8 Å². The first-order chi connectivity index (χ1) is 31.8. The van der Waals surface area contributed by atoms with E-state index in [-0.39, 0.29) is 99.3 Å². The highest BCUT2D eigenvalue weighted by Crippen LogP contribution is 2.31. The Morgan fingerprint density at radius 2 is 0.587 bits per heavy atom. The van der Waals surface area contributed by atoms with Crippen molar-refractivity contribution >= 4 is 176 Å². The van der Waals surface area contributed by atoms with Gasteiger partial charge in [-0.1, -0.05) is 24.3 Å². The number of fused-ring (bicyclic) bond motifs is 4. The Balaban J connectivity index is 0. The highest BCUT2D eigenvalue weighted by atomic mass is 35.5. The molecular formula is C57H68Cl8N10. The molecule has 0 saturated heterocycles. The second-order valence-corrected chi connectivity index (χ2v) is 17.4. The molecule has 10 nitrogen and oxygen atoms in total. The van der Waals surface area contributed by atoms with Crippen LogP contribution in [0.5, 0.6) is 0 Å². The van der Waals surface area contributed by atoms with Gasteiger partial charge >= 0.3 is 0 Å². The van der Waals surface area contributed by atoms with E-state index >= 15 is 0 Å². The first-order valence-corrected chi connectivity index (χ1v) is 22.0. The van der Waals surface area contributed by atoms with E-state index in [1.165, 1.54) is 33.0 Å². The molecule has 402 valence electrons. The van der Waals surface area contributed by atoms with Crippen LogP contribution >= 0.6 is 86.8 Å². The summed E-state index contributed by atoms with van der Waals surface area (Å²) in [7, 11) is 2.03. The Bertz CT molecular complexity index is 3250. The SMILES string of the molecule is C[n+]1c2cc(N)ccc2cc2ccc(N)cc21.Cc1cc(-c2cc(C)c(N)c(C)c2)cc(C)c1N.Cc1cc(-c2ccc(N)c(C)c2)ccc1N.Cl.Cl.Cl.Cl.Cl.Cl.Cl.Nc1ccc2cc3ccc(N)cc3nc2c1.[Cl-]. The topological polar surface area (TPSA) is 225 Å². The van der Waals surface area contributed by atoms with Crippen molar-refractivity contribution in [3.63, 3.8) is 0 Å². The molecule has 0 fully saturated rings. The van der Waals surface area contributed by atoms with Crippen molar-refractivity contribution in [2.24, 2.45) is 7.05 Å². The van der Waals surface area contributed by atoms with Gasteiger partial charge in [-0.3, -0.25) is 0 Å². The van der Waals surface area contributed by atoms with Gasteiger partial charge < -0.3 is 58.3 Å². The van der Waals surface area contributed by atoms with E-state index in [0.717, 1.165) is 112 Å². The Morgan fingerprint density at radius 3 is 0.907 bits per heavy atom. The van der Waals surface area contributed by atoms with Crippen molar-refractivity contribution in [1.82, 2.24) is 4.98 Å². The molecule has 18 heteroatoms. The summed E-state index contributed by atoms with van der Waals surface area (Å²) in [5.41, 5.74) is 68.6. The van der Waals surface area contributed by atoms with Crippen molar-refractivity contribution < 1.29 is 17.0 Å². The molecule has 2 aromatic heterocycles. The average molecular weight is 1180 g/mol. The van der Waals surface area contributed by atoms with Crippen molar-refractivity contribution in [3.8, 4) is 22.3 Å². The van der Waals surface area contributed by atoms with Crippen LogP contribution in [-0.4, -0.2) is 4.98 Å². The van der Waals surface area contributed by atoms with Gasteiger partial charge in [-0.15, -0.1) is 86.8 Å². The van der Waals surface area contributed by atoms with Gasteiger partial charge in [-0.25, -0.2) is 4.98 Å². The van der Waals surface area contributed by atoms with Crippen LogP contribution in [0.4, 0.5) is 45.5 Å². The molecule has 0 radical (unpaired) electrons. The molecule has 0 aliphatic heterocycles. The van der Waals surface area contributed by atoms with Crippen LogP contribution in [0.2, 0.25) is 0 Å². The number of halogens is 8. The summed E-state index contributed by atoms with van der Waals surface area (Å²) >= 11 is 0. The smallest absolute Gasteiger partial charge is 0.214 e. The number of aryl methyl sites for hydroxylation is 7. The molecule has 10 rings (SSSR count). The summed E-state index contributed by atoms with van der Waals surface area (Å²) in [6.45, 7) is 12.2. The maximum absolute atomic E-state index is 5.99. The number of nitrogens with two attached hydrogens (primary N) is 8. The molecule has 0 atom stereocenters. The average Bonchev–Trinajstić information content (AvgIpc) is 3.29. The number of hydrogen-bond donors (Lipinski definition) is 8. The number of hydrogen-bond acceptors (Lipinski definition) is 9. The van der Waals surface area contributed by atoms with E-state index in [1.54, 1.807) is 0 Å². The van der Waals surface area contributed by atoms with Gasteiger partial charge in [0.25, 0.3) is 0 Å². The van der Waals surface area contributed by atoms with E-state index in [9.17, 15) is 0 Å². The third-order valence-electron chi connectivity index (χ3n) is 12.2. The fourth-order valence-electron chi connectivity index (χ4n) is 8.09.